The van der Waals surface area contributed by atoms with Crippen LogP contribution in [0.5, 0.6) is 0 Å². The molecule has 0 aliphatic carbocycles. The van der Waals surface area contributed by atoms with Gasteiger partial charge in [-0.2, -0.15) is 18.2 Å². The standard InChI is InChI=1S/C18H19F3N4/c1-4-6-15-12(3)23-17(25-16(15)22-11-18(19,20)21)24-14-9-7-13(5-2)8-10-14/h4-10H,2,11H2,1,3H3,(H2,22,23,24,25)/b6-4-. The number of anilines is 3. The minimum absolute atomic E-state index is 0.133. The largest absolute Gasteiger partial charge is 0.405 e. The van der Waals surface area contributed by atoms with Crippen molar-refractivity contribution in [1.29, 1.82) is 0 Å². The molecular formula is C18H19F3N4. The number of aryl methyl sites for hydroxylation is 1. The lowest BCUT2D eigenvalue weighted by Crippen LogP contribution is -2.22. The summed E-state index contributed by atoms with van der Waals surface area (Å²) in [7, 11) is 0. The van der Waals surface area contributed by atoms with Gasteiger partial charge in [0.1, 0.15) is 12.4 Å². The van der Waals surface area contributed by atoms with Gasteiger partial charge in [-0.05, 0) is 31.5 Å². The Morgan fingerprint density at radius 2 is 1.84 bits per heavy atom. The average molecular weight is 348 g/mol. The number of hydrogen-bond acceptors (Lipinski definition) is 4. The van der Waals surface area contributed by atoms with E-state index in [2.05, 4.69) is 27.2 Å². The number of alkyl halides is 3. The molecular weight excluding hydrogens is 329 g/mol. The number of hydrogen-bond donors (Lipinski definition) is 2. The molecule has 132 valence electrons. The van der Waals surface area contributed by atoms with Gasteiger partial charge in [-0.25, -0.2) is 4.98 Å². The van der Waals surface area contributed by atoms with Gasteiger partial charge in [-0.15, -0.1) is 0 Å². The van der Waals surface area contributed by atoms with Crippen molar-refractivity contribution < 1.29 is 13.2 Å². The number of benzene rings is 1. The Hall–Kier alpha value is -2.83. The lowest BCUT2D eigenvalue weighted by molar-refractivity contribution is -0.115. The van der Waals surface area contributed by atoms with Crippen molar-refractivity contribution >= 4 is 29.6 Å². The molecule has 0 bridgehead atoms. The second kappa shape index (κ2) is 7.83. The summed E-state index contributed by atoms with van der Waals surface area (Å²) >= 11 is 0. The number of aromatic nitrogens is 2. The predicted octanol–water partition coefficient (Wildman–Crippen LogP) is 5.18. The van der Waals surface area contributed by atoms with Gasteiger partial charge in [0.25, 0.3) is 0 Å². The average Bonchev–Trinajstić information content (AvgIpc) is 2.55. The molecule has 0 fully saturated rings. The zero-order valence-electron chi connectivity index (χ0n) is 14.0. The van der Waals surface area contributed by atoms with Crippen LogP contribution in [-0.4, -0.2) is 22.7 Å². The topological polar surface area (TPSA) is 49.8 Å². The van der Waals surface area contributed by atoms with Gasteiger partial charge < -0.3 is 10.6 Å². The summed E-state index contributed by atoms with van der Waals surface area (Å²) in [6, 6.07) is 7.36. The number of rotatable bonds is 6. The first-order chi connectivity index (χ1) is 11.8. The molecule has 0 aliphatic rings. The minimum atomic E-state index is -4.33. The Balaban J connectivity index is 2.31. The summed E-state index contributed by atoms with van der Waals surface area (Å²) in [5.74, 6) is 0.356. The van der Waals surface area contributed by atoms with Crippen LogP contribution in [0.25, 0.3) is 12.2 Å². The second-order valence-corrected chi connectivity index (χ2v) is 5.31. The monoisotopic (exact) mass is 348 g/mol. The fourth-order valence-electron chi connectivity index (χ4n) is 2.15. The van der Waals surface area contributed by atoms with E-state index in [9.17, 15) is 13.2 Å². The lowest BCUT2D eigenvalue weighted by atomic mass is 10.2. The van der Waals surface area contributed by atoms with E-state index in [0.29, 0.717) is 11.3 Å². The van der Waals surface area contributed by atoms with Crippen LogP contribution >= 0.6 is 0 Å². The summed E-state index contributed by atoms with van der Waals surface area (Å²) < 4.78 is 37.6. The number of allylic oxidation sites excluding steroid dienone is 1. The van der Waals surface area contributed by atoms with Crippen molar-refractivity contribution in [1.82, 2.24) is 9.97 Å². The molecule has 1 aromatic heterocycles. The third kappa shape index (κ3) is 5.34. The maximum Gasteiger partial charge on any atom is 0.405 e. The zero-order valence-corrected chi connectivity index (χ0v) is 14.0. The van der Waals surface area contributed by atoms with Gasteiger partial charge in [0.05, 0.1) is 5.69 Å². The molecule has 2 N–H and O–H groups in total. The molecule has 0 amide bonds. The van der Waals surface area contributed by atoms with Gasteiger partial charge in [-0.3, -0.25) is 0 Å². The Bertz CT molecular complexity index is 765. The Morgan fingerprint density at radius 1 is 1.16 bits per heavy atom. The highest BCUT2D eigenvalue weighted by Gasteiger charge is 2.27. The summed E-state index contributed by atoms with van der Waals surface area (Å²) in [5.41, 5.74) is 2.78. The highest BCUT2D eigenvalue weighted by molar-refractivity contribution is 5.68. The van der Waals surface area contributed by atoms with Gasteiger partial charge >= 0.3 is 6.18 Å². The normalized spacial score (nSPS) is 11.6. The molecule has 0 radical (unpaired) electrons. The lowest BCUT2D eigenvalue weighted by Gasteiger charge is -2.15. The third-order valence-corrected chi connectivity index (χ3v) is 3.33. The molecule has 25 heavy (non-hydrogen) atoms. The molecule has 0 spiro atoms. The smallest absolute Gasteiger partial charge is 0.361 e. The van der Waals surface area contributed by atoms with E-state index in [1.807, 2.05) is 24.3 Å². The van der Waals surface area contributed by atoms with Crippen molar-refractivity contribution in [2.45, 2.75) is 20.0 Å². The van der Waals surface area contributed by atoms with E-state index in [1.54, 1.807) is 32.1 Å². The Labute approximate surface area is 144 Å². The number of nitrogens with one attached hydrogen (secondary N) is 2. The van der Waals surface area contributed by atoms with Gasteiger partial charge in [0, 0.05) is 11.3 Å². The van der Waals surface area contributed by atoms with Crippen LogP contribution in [0.2, 0.25) is 0 Å². The zero-order chi connectivity index (χ0) is 18.4. The Morgan fingerprint density at radius 3 is 2.40 bits per heavy atom. The van der Waals surface area contributed by atoms with Crippen LogP contribution in [0.1, 0.15) is 23.7 Å². The second-order valence-electron chi connectivity index (χ2n) is 5.31. The fourth-order valence-corrected chi connectivity index (χ4v) is 2.15. The van der Waals surface area contributed by atoms with Gasteiger partial charge in [-0.1, -0.05) is 36.9 Å². The van der Waals surface area contributed by atoms with E-state index < -0.39 is 12.7 Å². The van der Waals surface area contributed by atoms with E-state index in [1.165, 1.54) is 0 Å². The maximum absolute atomic E-state index is 12.5. The van der Waals surface area contributed by atoms with Crippen molar-refractivity contribution in [2.24, 2.45) is 0 Å². The van der Waals surface area contributed by atoms with Crippen molar-refractivity contribution in [3.8, 4) is 0 Å². The molecule has 1 heterocycles. The van der Waals surface area contributed by atoms with E-state index >= 15 is 0 Å². The molecule has 0 saturated carbocycles. The quantitative estimate of drug-likeness (QED) is 0.755. The molecule has 1 aromatic carbocycles. The molecule has 0 atom stereocenters. The van der Waals surface area contributed by atoms with Crippen molar-refractivity contribution in [3.63, 3.8) is 0 Å². The predicted molar refractivity (Wildman–Crippen MR) is 95.8 cm³/mol. The van der Waals surface area contributed by atoms with Crippen molar-refractivity contribution in [3.05, 3.63) is 53.7 Å². The first-order valence-electron chi connectivity index (χ1n) is 7.64. The number of nitrogens with zero attached hydrogens (tertiary/aromatic N) is 2. The molecule has 0 unspecified atom stereocenters. The minimum Gasteiger partial charge on any atom is -0.361 e. The highest BCUT2D eigenvalue weighted by atomic mass is 19.4. The van der Waals surface area contributed by atoms with E-state index in [0.717, 1.165) is 11.3 Å². The molecule has 0 aliphatic heterocycles. The Kier molecular flexibility index (Phi) is 5.80. The molecule has 2 rings (SSSR count). The highest BCUT2D eigenvalue weighted by Crippen LogP contribution is 2.24. The third-order valence-electron chi connectivity index (χ3n) is 3.33. The summed E-state index contributed by atoms with van der Waals surface area (Å²) in [6.07, 6.45) is 0.790. The van der Waals surface area contributed by atoms with E-state index in [4.69, 9.17) is 0 Å². The van der Waals surface area contributed by atoms with Gasteiger partial charge in [0.15, 0.2) is 0 Å². The molecule has 2 aromatic rings. The van der Waals surface area contributed by atoms with Crippen LogP contribution in [0.3, 0.4) is 0 Å². The molecule has 4 nitrogen and oxygen atoms in total. The first-order valence-corrected chi connectivity index (χ1v) is 7.64. The van der Waals surface area contributed by atoms with Crippen LogP contribution in [0, 0.1) is 6.92 Å². The maximum atomic E-state index is 12.5. The fraction of sp³-hybridized carbons (Fsp3) is 0.222. The summed E-state index contributed by atoms with van der Waals surface area (Å²) in [6.45, 7) is 6.02. The van der Waals surface area contributed by atoms with E-state index in [-0.39, 0.29) is 11.8 Å². The van der Waals surface area contributed by atoms with Crippen LogP contribution in [0.15, 0.2) is 36.9 Å². The van der Waals surface area contributed by atoms with Crippen LogP contribution < -0.4 is 10.6 Å². The van der Waals surface area contributed by atoms with Crippen LogP contribution in [0.4, 0.5) is 30.6 Å². The van der Waals surface area contributed by atoms with Crippen LogP contribution in [-0.2, 0) is 0 Å². The number of halogens is 3. The summed E-state index contributed by atoms with van der Waals surface area (Å²) in [5, 5.41) is 5.34. The SMILES string of the molecule is C=Cc1ccc(Nc2nc(C)c(/C=C\C)c(NCC(F)(F)F)n2)cc1. The van der Waals surface area contributed by atoms with Gasteiger partial charge in [0.2, 0.25) is 5.95 Å². The molecule has 7 heteroatoms. The summed E-state index contributed by atoms with van der Waals surface area (Å²) in [4.78, 5) is 8.51. The van der Waals surface area contributed by atoms with Crippen molar-refractivity contribution in [2.75, 3.05) is 17.2 Å². The first kappa shape index (κ1) is 18.5. The molecule has 0 saturated heterocycles.